The molecule has 1 aromatic heterocycles. The van der Waals surface area contributed by atoms with E-state index in [2.05, 4.69) is 35.4 Å². The molecule has 0 aliphatic rings. The maximum atomic E-state index is 5.50. The van der Waals surface area contributed by atoms with Crippen LogP contribution in [0.25, 0.3) is 10.9 Å². The van der Waals surface area contributed by atoms with Crippen molar-refractivity contribution in [2.45, 2.75) is 13.3 Å². The number of nitrogens with two attached hydrogens (primary N) is 1. The number of rotatable bonds is 4. The lowest BCUT2D eigenvalue weighted by Gasteiger charge is -2.09. The van der Waals surface area contributed by atoms with E-state index in [1.807, 2.05) is 12.3 Å². The molecule has 3 heteroatoms. The van der Waals surface area contributed by atoms with Crippen LogP contribution in [0.1, 0.15) is 12.5 Å². The molecule has 0 atom stereocenters. The minimum atomic E-state index is 0.636. The summed E-state index contributed by atoms with van der Waals surface area (Å²) in [5.74, 6) is 0. The van der Waals surface area contributed by atoms with Crippen molar-refractivity contribution in [1.82, 2.24) is 4.98 Å². The van der Waals surface area contributed by atoms with Gasteiger partial charge in [-0.1, -0.05) is 13.0 Å². The third kappa shape index (κ3) is 2.14. The molecule has 84 valence electrons. The van der Waals surface area contributed by atoms with Crippen molar-refractivity contribution in [2.24, 2.45) is 5.73 Å². The van der Waals surface area contributed by atoms with Crippen LogP contribution >= 0.6 is 0 Å². The number of aryl methyl sites for hydroxylation is 1. The van der Waals surface area contributed by atoms with Crippen LogP contribution in [0.3, 0.4) is 0 Å². The highest BCUT2D eigenvalue weighted by Gasteiger charge is 2.01. The Balaban J connectivity index is 2.46. The van der Waals surface area contributed by atoms with Gasteiger partial charge in [0.25, 0.3) is 0 Å². The minimum absolute atomic E-state index is 0.636. The van der Waals surface area contributed by atoms with E-state index < -0.39 is 0 Å². The first kappa shape index (κ1) is 10.9. The van der Waals surface area contributed by atoms with Gasteiger partial charge >= 0.3 is 0 Å². The van der Waals surface area contributed by atoms with E-state index >= 15 is 0 Å². The summed E-state index contributed by atoms with van der Waals surface area (Å²) < 4.78 is 0. The number of aromatic nitrogens is 1. The van der Waals surface area contributed by atoms with Crippen molar-refractivity contribution < 1.29 is 0 Å². The van der Waals surface area contributed by atoms with Crippen molar-refractivity contribution in [3.8, 4) is 0 Å². The highest BCUT2D eigenvalue weighted by molar-refractivity contribution is 5.91. The van der Waals surface area contributed by atoms with E-state index in [1.54, 1.807) is 0 Å². The molecule has 0 radical (unpaired) electrons. The largest absolute Gasteiger partial charge is 0.383 e. The number of nitrogens with one attached hydrogen (secondary N) is 1. The number of pyridine rings is 1. The number of fused-ring (bicyclic) bond motifs is 1. The zero-order valence-corrected chi connectivity index (χ0v) is 9.53. The number of anilines is 1. The van der Waals surface area contributed by atoms with E-state index in [0.717, 1.165) is 24.2 Å². The van der Waals surface area contributed by atoms with Crippen molar-refractivity contribution in [1.29, 1.82) is 0 Å². The van der Waals surface area contributed by atoms with Crippen molar-refractivity contribution in [2.75, 3.05) is 18.4 Å². The second-order valence-electron chi connectivity index (χ2n) is 3.78. The highest BCUT2D eigenvalue weighted by Crippen LogP contribution is 2.22. The van der Waals surface area contributed by atoms with Crippen LogP contribution in [-0.4, -0.2) is 18.1 Å². The summed E-state index contributed by atoms with van der Waals surface area (Å²) in [6.45, 7) is 3.58. The molecule has 0 saturated heterocycles. The number of nitrogens with zero attached hydrogens (tertiary/aromatic N) is 1. The van der Waals surface area contributed by atoms with Crippen molar-refractivity contribution >= 4 is 16.6 Å². The first-order valence-corrected chi connectivity index (χ1v) is 5.66. The van der Waals surface area contributed by atoms with Crippen LogP contribution in [0.15, 0.2) is 30.5 Å². The molecule has 0 aliphatic carbocycles. The topological polar surface area (TPSA) is 50.9 Å². The fraction of sp³-hybridized carbons (Fsp3) is 0.308. The van der Waals surface area contributed by atoms with Gasteiger partial charge in [0, 0.05) is 30.4 Å². The Kier molecular flexibility index (Phi) is 3.37. The van der Waals surface area contributed by atoms with E-state index in [-0.39, 0.29) is 0 Å². The summed E-state index contributed by atoms with van der Waals surface area (Å²) in [7, 11) is 0. The molecule has 3 nitrogen and oxygen atoms in total. The third-order valence-electron chi connectivity index (χ3n) is 2.67. The van der Waals surface area contributed by atoms with Gasteiger partial charge in [0.15, 0.2) is 0 Å². The van der Waals surface area contributed by atoms with Gasteiger partial charge in [0.2, 0.25) is 0 Å². The van der Waals surface area contributed by atoms with Gasteiger partial charge in [-0.3, -0.25) is 4.98 Å². The van der Waals surface area contributed by atoms with Crippen LogP contribution in [0.2, 0.25) is 0 Å². The van der Waals surface area contributed by atoms with Gasteiger partial charge in [-0.15, -0.1) is 0 Å². The second kappa shape index (κ2) is 4.94. The third-order valence-corrected chi connectivity index (χ3v) is 2.67. The van der Waals surface area contributed by atoms with E-state index in [9.17, 15) is 0 Å². The van der Waals surface area contributed by atoms with Crippen LogP contribution in [0, 0.1) is 0 Å². The van der Waals surface area contributed by atoms with Crippen molar-refractivity contribution in [3.05, 3.63) is 36.0 Å². The summed E-state index contributed by atoms with van der Waals surface area (Å²) in [5, 5.41) is 4.50. The molecule has 0 spiro atoms. The molecule has 16 heavy (non-hydrogen) atoms. The Morgan fingerprint density at radius 2 is 2.19 bits per heavy atom. The zero-order chi connectivity index (χ0) is 11.4. The summed E-state index contributed by atoms with van der Waals surface area (Å²) >= 11 is 0. The lowest BCUT2D eigenvalue weighted by Crippen LogP contribution is -2.13. The van der Waals surface area contributed by atoms with Gasteiger partial charge < -0.3 is 11.1 Å². The maximum Gasteiger partial charge on any atom is 0.0722 e. The van der Waals surface area contributed by atoms with Crippen molar-refractivity contribution in [3.63, 3.8) is 0 Å². The molecule has 3 N–H and O–H groups in total. The summed E-state index contributed by atoms with van der Waals surface area (Å²) in [4.78, 5) is 4.35. The number of hydrogen-bond donors (Lipinski definition) is 2. The van der Waals surface area contributed by atoms with Crippen LogP contribution in [0.5, 0.6) is 0 Å². The molecule has 0 bridgehead atoms. The molecule has 0 unspecified atom stereocenters. The number of hydrogen-bond acceptors (Lipinski definition) is 3. The molecule has 0 saturated carbocycles. The molecular formula is C13H17N3. The van der Waals surface area contributed by atoms with E-state index in [1.165, 1.54) is 10.9 Å². The predicted octanol–water partition coefficient (Wildman–Crippen LogP) is 2.17. The lowest BCUT2D eigenvalue weighted by molar-refractivity contribution is 1.03. The molecule has 2 rings (SSSR count). The Morgan fingerprint density at radius 1 is 1.31 bits per heavy atom. The van der Waals surface area contributed by atoms with Gasteiger partial charge in [0.1, 0.15) is 0 Å². The summed E-state index contributed by atoms with van der Waals surface area (Å²) in [6, 6.07) is 8.39. The molecule has 1 heterocycles. The molecule has 0 amide bonds. The SMILES string of the molecule is CCc1ccc2nccc(NCCN)c2c1. The smallest absolute Gasteiger partial charge is 0.0722 e. The monoisotopic (exact) mass is 215 g/mol. The van der Waals surface area contributed by atoms with Gasteiger partial charge in [-0.05, 0) is 30.2 Å². The van der Waals surface area contributed by atoms with Crippen LogP contribution < -0.4 is 11.1 Å². The Morgan fingerprint density at radius 3 is 2.94 bits per heavy atom. The Hall–Kier alpha value is -1.61. The Labute approximate surface area is 95.7 Å². The normalized spacial score (nSPS) is 10.6. The van der Waals surface area contributed by atoms with E-state index in [4.69, 9.17) is 5.73 Å². The maximum absolute atomic E-state index is 5.50. The van der Waals surface area contributed by atoms with E-state index in [0.29, 0.717) is 6.54 Å². The second-order valence-corrected chi connectivity index (χ2v) is 3.78. The molecular weight excluding hydrogens is 198 g/mol. The fourth-order valence-corrected chi connectivity index (χ4v) is 1.77. The first-order chi connectivity index (χ1) is 7.85. The van der Waals surface area contributed by atoms with Gasteiger partial charge in [0.05, 0.1) is 5.52 Å². The Bertz CT molecular complexity index is 480. The average molecular weight is 215 g/mol. The molecule has 0 fully saturated rings. The summed E-state index contributed by atoms with van der Waals surface area (Å²) in [6.07, 6.45) is 2.87. The number of benzene rings is 1. The molecule has 1 aromatic carbocycles. The highest BCUT2D eigenvalue weighted by atomic mass is 14.9. The zero-order valence-electron chi connectivity index (χ0n) is 9.53. The fourth-order valence-electron chi connectivity index (χ4n) is 1.77. The van der Waals surface area contributed by atoms with Crippen LogP contribution in [0.4, 0.5) is 5.69 Å². The summed E-state index contributed by atoms with van der Waals surface area (Å²) in [5.41, 5.74) is 8.97. The first-order valence-electron chi connectivity index (χ1n) is 5.66. The van der Waals surface area contributed by atoms with Gasteiger partial charge in [-0.2, -0.15) is 0 Å². The van der Waals surface area contributed by atoms with Gasteiger partial charge in [-0.25, -0.2) is 0 Å². The quantitative estimate of drug-likeness (QED) is 0.821. The molecule has 0 aliphatic heterocycles. The average Bonchev–Trinajstić information content (AvgIpc) is 2.35. The molecule has 2 aromatic rings. The standard InChI is InChI=1S/C13H17N3/c1-2-10-3-4-12-11(9-10)13(5-7-15-12)16-8-6-14/h3-5,7,9H,2,6,8,14H2,1H3,(H,15,16). The lowest BCUT2D eigenvalue weighted by atomic mass is 10.1. The minimum Gasteiger partial charge on any atom is -0.383 e. The van der Waals surface area contributed by atoms with Crippen LogP contribution in [-0.2, 0) is 6.42 Å². The predicted molar refractivity (Wildman–Crippen MR) is 68.7 cm³/mol.